The zero-order valence-electron chi connectivity index (χ0n) is 23.9. The summed E-state index contributed by atoms with van der Waals surface area (Å²) in [5.74, 6) is 0.528. The van der Waals surface area contributed by atoms with Crippen LogP contribution >= 0.6 is 0 Å². The van der Waals surface area contributed by atoms with E-state index in [-0.39, 0.29) is 19.1 Å². The van der Waals surface area contributed by atoms with Crippen LogP contribution in [0.1, 0.15) is 18.1 Å². The summed E-state index contributed by atoms with van der Waals surface area (Å²) in [6.07, 6.45) is 1.85. The molecular formula is C30H34N4O8. The fourth-order valence-corrected chi connectivity index (χ4v) is 3.66. The van der Waals surface area contributed by atoms with Crippen molar-refractivity contribution >= 4 is 29.6 Å². The van der Waals surface area contributed by atoms with Crippen LogP contribution in [0.5, 0.6) is 28.7 Å². The molecule has 0 radical (unpaired) electrons. The minimum atomic E-state index is -0.911. The van der Waals surface area contributed by atoms with Gasteiger partial charge in [0.25, 0.3) is 5.91 Å². The summed E-state index contributed by atoms with van der Waals surface area (Å²) in [4.78, 5) is 36.6. The topological polar surface area (TPSA) is 146 Å². The zero-order valence-corrected chi connectivity index (χ0v) is 23.9. The van der Waals surface area contributed by atoms with Crippen molar-refractivity contribution < 1.29 is 38.1 Å². The highest BCUT2D eigenvalue weighted by Crippen LogP contribution is 2.29. The number of ether oxygens (including phenoxy) is 5. The van der Waals surface area contributed by atoms with Gasteiger partial charge in [0.05, 0.1) is 34.2 Å². The molecule has 3 aromatic carbocycles. The van der Waals surface area contributed by atoms with E-state index in [4.69, 9.17) is 23.7 Å². The molecule has 0 unspecified atom stereocenters. The Bertz CT molecular complexity index is 1390. The summed E-state index contributed by atoms with van der Waals surface area (Å²) in [6, 6.07) is 17.3. The molecular weight excluding hydrogens is 544 g/mol. The third-order valence-corrected chi connectivity index (χ3v) is 5.73. The molecule has 222 valence electrons. The SMILES string of the molecule is CCOc1cc(/C=N\NC(=O)C(=O)NCCc2ccc(OC)c(OC)c2)ccc1OCC(=O)Nc1ccc(OC)cc1. The minimum absolute atomic E-state index is 0.239. The molecule has 0 fully saturated rings. The number of hydrogen-bond acceptors (Lipinski definition) is 9. The number of carbonyl (C=O) groups is 3. The molecule has 0 aliphatic rings. The van der Waals surface area contributed by atoms with Crippen LogP contribution in [0.3, 0.4) is 0 Å². The number of carbonyl (C=O) groups excluding carboxylic acids is 3. The molecule has 0 aromatic heterocycles. The molecule has 0 atom stereocenters. The third-order valence-electron chi connectivity index (χ3n) is 5.73. The fraction of sp³-hybridized carbons (Fsp3) is 0.267. The average molecular weight is 579 g/mol. The second-order valence-electron chi connectivity index (χ2n) is 8.60. The maximum absolute atomic E-state index is 12.3. The number of amides is 3. The van der Waals surface area contributed by atoms with Gasteiger partial charge in [0.15, 0.2) is 29.6 Å². The summed E-state index contributed by atoms with van der Waals surface area (Å²) < 4.78 is 26.9. The molecule has 0 spiro atoms. The van der Waals surface area contributed by atoms with Crippen molar-refractivity contribution in [3.8, 4) is 28.7 Å². The molecule has 0 saturated carbocycles. The van der Waals surface area contributed by atoms with Crippen molar-refractivity contribution in [1.29, 1.82) is 0 Å². The van der Waals surface area contributed by atoms with Gasteiger partial charge in [-0.3, -0.25) is 14.4 Å². The molecule has 3 amide bonds. The number of methoxy groups -OCH3 is 3. The van der Waals surface area contributed by atoms with Crippen LogP contribution in [-0.2, 0) is 20.8 Å². The lowest BCUT2D eigenvalue weighted by molar-refractivity contribution is -0.139. The number of hydrogen-bond donors (Lipinski definition) is 3. The molecule has 0 bridgehead atoms. The van der Waals surface area contributed by atoms with Crippen LogP contribution in [-0.4, -0.2) is 65.0 Å². The molecule has 12 nitrogen and oxygen atoms in total. The molecule has 0 saturated heterocycles. The maximum Gasteiger partial charge on any atom is 0.329 e. The lowest BCUT2D eigenvalue weighted by Gasteiger charge is -2.13. The first-order valence-electron chi connectivity index (χ1n) is 13.0. The first-order chi connectivity index (χ1) is 20.4. The van der Waals surface area contributed by atoms with Crippen molar-refractivity contribution in [1.82, 2.24) is 10.7 Å². The Morgan fingerprint density at radius 1 is 0.786 bits per heavy atom. The van der Waals surface area contributed by atoms with Crippen LogP contribution in [0.25, 0.3) is 0 Å². The average Bonchev–Trinajstić information content (AvgIpc) is 3.01. The smallest absolute Gasteiger partial charge is 0.329 e. The van der Waals surface area contributed by atoms with E-state index < -0.39 is 11.8 Å². The van der Waals surface area contributed by atoms with Gasteiger partial charge in [-0.1, -0.05) is 6.07 Å². The Kier molecular flexibility index (Phi) is 12.0. The molecule has 3 N–H and O–H groups in total. The van der Waals surface area contributed by atoms with Crippen LogP contribution < -0.4 is 39.7 Å². The summed E-state index contributed by atoms with van der Waals surface area (Å²) in [7, 11) is 4.66. The van der Waals surface area contributed by atoms with Crippen molar-refractivity contribution in [2.24, 2.45) is 5.10 Å². The van der Waals surface area contributed by atoms with Gasteiger partial charge in [-0.2, -0.15) is 5.10 Å². The maximum atomic E-state index is 12.3. The monoisotopic (exact) mass is 578 g/mol. The fourth-order valence-electron chi connectivity index (χ4n) is 3.66. The van der Waals surface area contributed by atoms with Gasteiger partial charge in [-0.25, -0.2) is 5.43 Å². The Morgan fingerprint density at radius 3 is 2.21 bits per heavy atom. The molecule has 3 aromatic rings. The Balaban J connectivity index is 1.48. The van der Waals surface area contributed by atoms with E-state index in [1.807, 2.05) is 13.0 Å². The normalized spacial score (nSPS) is 10.5. The van der Waals surface area contributed by atoms with Crippen molar-refractivity contribution in [3.05, 3.63) is 71.8 Å². The first-order valence-corrected chi connectivity index (χ1v) is 13.0. The van der Waals surface area contributed by atoms with Gasteiger partial charge in [-0.05, 0) is 79.1 Å². The van der Waals surface area contributed by atoms with Gasteiger partial charge in [-0.15, -0.1) is 0 Å². The standard InChI is InChI=1S/C30H34N4O8/c1-5-41-27-17-21(7-13-25(27)42-19-28(35)33-22-8-10-23(38-2)11-9-22)18-32-34-30(37)29(36)31-15-14-20-6-12-24(39-3)26(16-20)40-4/h6-13,16-18H,5,14-15,19H2,1-4H3,(H,31,36)(H,33,35)(H,34,37)/b32-18-. The van der Waals surface area contributed by atoms with Crippen LogP contribution in [0.4, 0.5) is 5.69 Å². The van der Waals surface area contributed by atoms with E-state index in [0.717, 1.165) is 5.56 Å². The van der Waals surface area contributed by atoms with E-state index in [1.54, 1.807) is 75.9 Å². The van der Waals surface area contributed by atoms with E-state index in [9.17, 15) is 14.4 Å². The lowest BCUT2D eigenvalue weighted by atomic mass is 10.1. The summed E-state index contributed by atoms with van der Waals surface area (Å²) in [6.45, 7) is 2.17. The van der Waals surface area contributed by atoms with Gasteiger partial charge in [0, 0.05) is 12.2 Å². The molecule has 0 aliphatic heterocycles. The van der Waals surface area contributed by atoms with Crippen molar-refractivity contribution in [3.63, 3.8) is 0 Å². The van der Waals surface area contributed by atoms with Crippen molar-refractivity contribution in [2.45, 2.75) is 13.3 Å². The van der Waals surface area contributed by atoms with Gasteiger partial charge < -0.3 is 34.3 Å². The highest BCUT2D eigenvalue weighted by molar-refractivity contribution is 6.35. The van der Waals surface area contributed by atoms with Crippen LogP contribution in [0.2, 0.25) is 0 Å². The molecule has 12 heteroatoms. The van der Waals surface area contributed by atoms with Crippen LogP contribution in [0, 0.1) is 0 Å². The Morgan fingerprint density at radius 2 is 1.52 bits per heavy atom. The van der Waals surface area contributed by atoms with E-state index >= 15 is 0 Å². The van der Waals surface area contributed by atoms with E-state index in [2.05, 4.69) is 21.2 Å². The van der Waals surface area contributed by atoms with Crippen molar-refractivity contribution in [2.75, 3.05) is 46.4 Å². The number of nitrogens with zero attached hydrogens (tertiary/aromatic N) is 1. The quantitative estimate of drug-likeness (QED) is 0.150. The highest BCUT2D eigenvalue weighted by Gasteiger charge is 2.13. The first kappa shape index (κ1) is 31.3. The number of benzene rings is 3. The Hall–Kier alpha value is -5.26. The molecule has 42 heavy (non-hydrogen) atoms. The van der Waals surface area contributed by atoms with Crippen LogP contribution in [0.15, 0.2) is 65.8 Å². The Labute approximate surface area is 243 Å². The van der Waals surface area contributed by atoms with E-state index in [1.165, 1.54) is 6.21 Å². The van der Waals surface area contributed by atoms with Gasteiger partial charge >= 0.3 is 11.8 Å². The summed E-state index contributed by atoms with van der Waals surface area (Å²) in [5, 5.41) is 9.14. The predicted octanol–water partition coefficient (Wildman–Crippen LogP) is 2.94. The number of anilines is 1. The molecule has 0 heterocycles. The second kappa shape index (κ2) is 16.1. The lowest BCUT2D eigenvalue weighted by Crippen LogP contribution is -2.38. The molecule has 0 aliphatic carbocycles. The minimum Gasteiger partial charge on any atom is -0.497 e. The molecule has 3 rings (SSSR count). The predicted molar refractivity (Wildman–Crippen MR) is 157 cm³/mol. The number of rotatable bonds is 14. The third kappa shape index (κ3) is 9.44. The largest absolute Gasteiger partial charge is 0.497 e. The summed E-state index contributed by atoms with van der Waals surface area (Å²) >= 11 is 0. The number of nitrogens with one attached hydrogen (secondary N) is 3. The number of hydrazone groups is 1. The van der Waals surface area contributed by atoms with E-state index in [0.29, 0.717) is 53.0 Å². The van der Waals surface area contributed by atoms with Gasteiger partial charge in [0.1, 0.15) is 5.75 Å². The zero-order chi connectivity index (χ0) is 30.3. The highest BCUT2D eigenvalue weighted by atomic mass is 16.5. The summed E-state index contributed by atoms with van der Waals surface area (Å²) in [5.41, 5.74) is 4.28. The second-order valence-corrected chi connectivity index (χ2v) is 8.60. The van der Waals surface area contributed by atoms with Gasteiger partial charge in [0.2, 0.25) is 0 Å².